The first-order chi connectivity index (χ1) is 11.2. The van der Waals surface area contributed by atoms with E-state index >= 15 is 0 Å². The molecule has 0 radical (unpaired) electrons. The van der Waals surface area contributed by atoms with E-state index < -0.39 is 0 Å². The van der Waals surface area contributed by atoms with Crippen molar-refractivity contribution in [3.8, 4) is 0 Å². The van der Waals surface area contributed by atoms with Gasteiger partial charge in [0.05, 0.1) is 6.54 Å². The number of nitrogens with one attached hydrogen (secondary N) is 2. The molecule has 1 unspecified atom stereocenters. The van der Waals surface area contributed by atoms with Crippen LogP contribution in [0.5, 0.6) is 0 Å². The number of guanidine groups is 1. The lowest BCUT2D eigenvalue weighted by Gasteiger charge is -2.23. The third kappa shape index (κ3) is 10.5. The number of nitrogens with zero attached hydrogens (tertiary/aromatic N) is 3. The maximum Gasteiger partial charge on any atom is 0.191 e. The Hall–Kier alpha value is -1.05. The maximum atomic E-state index is 4.72. The molecule has 0 aliphatic rings. The molecule has 0 aromatic carbocycles. The summed E-state index contributed by atoms with van der Waals surface area (Å²) < 4.78 is 0. The van der Waals surface area contributed by atoms with E-state index in [9.17, 15) is 0 Å². The van der Waals surface area contributed by atoms with Crippen molar-refractivity contribution in [1.29, 1.82) is 0 Å². The van der Waals surface area contributed by atoms with Gasteiger partial charge in [0, 0.05) is 32.9 Å². The predicted molar refractivity (Wildman–Crippen MR) is 120 cm³/mol. The van der Waals surface area contributed by atoms with Gasteiger partial charge in [0.2, 0.25) is 0 Å². The Bertz CT molecular complexity index is 523. The van der Waals surface area contributed by atoms with Gasteiger partial charge in [-0.2, -0.15) is 0 Å². The molecule has 5 nitrogen and oxygen atoms in total. The van der Waals surface area contributed by atoms with Crippen molar-refractivity contribution < 1.29 is 0 Å². The highest BCUT2D eigenvalue weighted by molar-refractivity contribution is 14.0. The minimum absolute atomic E-state index is 0. The van der Waals surface area contributed by atoms with E-state index in [1.54, 1.807) is 0 Å². The standard InChI is InChI=1S/C19H35N5.HI/c1-8-20-18(23-15(2)9-11-19(3,4)5)22-14-16-10-12-21-17(13-16)24(6)7;/h10,12-13,15H,8-9,11,14H2,1-7H3,(H2,20,22,23);1H. The minimum atomic E-state index is 0. The highest BCUT2D eigenvalue weighted by atomic mass is 127. The van der Waals surface area contributed by atoms with Crippen molar-refractivity contribution in [2.75, 3.05) is 25.5 Å². The van der Waals surface area contributed by atoms with Crippen molar-refractivity contribution >= 4 is 35.8 Å². The lowest BCUT2D eigenvalue weighted by molar-refractivity contribution is 0.346. The van der Waals surface area contributed by atoms with Gasteiger partial charge >= 0.3 is 0 Å². The molecule has 1 rings (SSSR count). The summed E-state index contributed by atoms with van der Waals surface area (Å²) in [6.45, 7) is 12.7. The molecule has 1 aromatic rings. The molecule has 0 bridgehead atoms. The van der Waals surface area contributed by atoms with Crippen LogP contribution in [-0.2, 0) is 6.54 Å². The van der Waals surface area contributed by atoms with Crippen LogP contribution in [-0.4, -0.2) is 37.6 Å². The van der Waals surface area contributed by atoms with Crippen LogP contribution in [0.4, 0.5) is 5.82 Å². The number of pyridine rings is 1. The fourth-order valence-corrected chi connectivity index (χ4v) is 2.25. The zero-order valence-electron chi connectivity index (χ0n) is 16.9. The Morgan fingerprint density at radius 2 is 2.00 bits per heavy atom. The van der Waals surface area contributed by atoms with Crippen LogP contribution in [0.2, 0.25) is 0 Å². The van der Waals surface area contributed by atoms with E-state index in [0.29, 0.717) is 18.0 Å². The van der Waals surface area contributed by atoms with Crippen LogP contribution in [0, 0.1) is 5.41 Å². The number of aliphatic imine (C=N–C) groups is 1. The topological polar surface area (TPSA) is 52.6 Å². The van der Waals surface area contributed by atoms with Crippen LogP contribution < -0.4 is 15.5 Å². The van der Waals surface area contributed by atoms with Crippen LogP contribution in [0.3, 0.4) is 0 Å². The summed E-state index contributed by atoms with van der Waals surface area (Å²) in [6, 6.07) is 4.50. The molecule has 0 spiro atoms. The summed E-state index contributed by atoms with van der Waals surface area (Å²) in [5, 5.41) is 6.84. The molecule has 0 fully saturated rings. The first-order valence-corrected chi connectivity index (χ1v) is 8.88. The molecular formula is C19H36IN5. The summed E-state index contributed by atoms with van der Waals surface area (Å²) in [7, 11) is 4.00. The largest absolute Gasteiger partial charge is 0.363 e. The van der Waals surface area contributed by atoms with E-state index in [0.717, 1.165) is 30.3 Å². The fourth-order valence-electron chi connectivity index (χ4n) is 2.25. The lowest BCUT2D eigenvalue weighted by atomic mass is 9.89. The second-order valence-electron chi connectivity index (χ2n) is 7.76. The number of halogens is 1. The SMILES string of the molecule is CCNC(=NCc1ccnc(N(C)C)c1)NC(C)CCC(C)(C)C.I. The first kappa shape index (κ1) is 23.9. The van der Waals surface area contributed by atoms with Gasteiger partial charge in [-0.3, -0.25) is 0 Å². The van der Waals surface area contributed by atoms with Crippen LogP contribution in [0.1, 0.15) is 53.0 Å². The Kier molecular flexibility index (Phi) is 11.1. The first-order valence-electron chi connectivity index (χ1n) is 8.88. The van der Waals surface area contributed by atoms with Gasteiger partial charge in [-0.25, -0.2) is 9.98 Å². The quantitative estimate of drug-likeness (QED) is 0.366. The van der Waals surface area contributed by atoms with Crippen LogP contribution in [0.25, 0.3) is 0 Å². The molecule has 0 aliphatic heterocycles. The second kappa shape index (κ2) is 11.5. The monoisotopic (exact) mass is 461 g/mol. The molecule has 1 atom stereocenters. The van der Waals surface area contributed by atoms with Gasteiger partial charge in [0.25, 0.3) is 0 Å². The van der Waals surface area contributed by atoms with E-state index in [1.165, 1.54) is 6.42 Å². The van der Waals surface area contributed by atoms with Crippen molar-refractivity contribution in [2.45, 2.75) is 60.0 Å². The van der Waals surface area contributed by atoms with Gasteiger partial charge in [0.15, 0.2) is 5.96 Å². The Balaban J connectivity index is 0.00000576. The van der Waals surface area contributed by atoms with Crippen LogP contribution >= 0.6 is 24.0 Å². The Labute approximate surface area is 171 Å². The molecule has 0 saturated carbocycles. The summed E-state index contributed by atoms with van der Waals surface area (Å²) in [4.78, 5) is 11.1. The Morgan fingerprint density at radius 3 is 2.56 bits per heavy atom. The molecular weight excluding hydrogens is 425 g/mol. The average Bonchev–Trinajstić information content (AvgIpc) is 2.50. The smallest absolute Gasteiger partial charge is 0.191 e. The second-order valence-corrected chi connectivity index (χ2v) is 7.76. The molecule has 0 aliphatic carbocycles. The summed E-state index contributed by atoms with van der Waals surface area (Å²) >= 11 is 0. The Morgan fingerprint density at radius 1 is 1.32 bits per heavy atom. The van der Waals surface area contributed by atoms with Gasteiger partial charge in [-0.05, 0) is 49.8 Å². The molecule has 6 heteroatoms. The van der Waals surface area contributed by atoms with E-state index in [2.05, 4.69) is 56.3 Å². The van der Waals surface area contributed by atoms with E-state index in [1.807, 2.05) is 31.3 Å². The number of rotatable bonds is 7. The zero-order chi connectivity index (χ0) is 18.2. The molecule has 1 aromatic heterocycles. The predicted octanol–water partition coefficient (Wildman–Crippen LogP) is 4.04. The van der Waals surface area contributed by atoms with Crippen molar-refractivity contribution in [3.63, 3.8) is 0 Å². The van der Waals surface area contributed by atoms with Crippen molar-refractivity contribution in [1.82, 2.24) is 15.6 Å². The molecule has 25 heavy (non-hydrogen) atoms. The van der Waals surface area contributed by atoms with E-state index in [4.69, 9.17) is 4.99 Å². The van der Waals surface area contributed by atoms with Gasteiger partial charge in [0.1, 0.15) is 5.82 Å². The minimum Gasteiger partial charge on any atom is -0.363 e. The molecule has 1 heterocycles. The van der Waals surface area contributed by atoms with Gasteiger partial charge < -0.3 is 15.5 Å². The molecule has 2 N–H and O–H groups in total. The van der Waals surface area contributed by atoms with E-state index in [-0.39, 0.29) is 24.0 Å². The third-order valence-electron chi connectivity index (χ3n) is 3.74. The highest BCUT2D eigenvalue weighted by Crippen LogP contribution is 2.21. The number of hydrogen-bond donors (Lipinski definition) is 2. The maximum absolute atomic E-state index is 4.72. The molecule has 0 amide bonds. The highest BCUT2D eigenvalue weighted by Gasteiger charge is 2.13. The summed E-state index contributed by atoms with van der Waals surface area (Å²) in [5.74, 6) is 1.83. The molecule has 0 saturated heterocycles. The fraction of sp³-hybridized carbons (Fsp3) is 0.684. The van der Waals surface area contributed by atoms with Crippen molar-refractivity contribution in [2.24, 2.45) is 10.4 Å². The number of hydrogen-bond acceptors (Lipinski definition) is 3. The van der Waals surface area contributed by atoms with Crippen molar-refractivity contribution in [3.05, 3.63) is 23.9 Å². The average molecular weight is 461 g/mol. The van der Waals surface area contributed by atoms with Gasteiger partial charge in [-0.15, -0.1) is 24.0 Å². The number of aromatic nitrogens is 1. The number of anilines is 1. The summed E-state index contributed by atoms with van der Waals surface area (Å²) in [5.41, 5.74) is 1.53. The molecule has 144 valence electrons. The zero-order valence-corrected chi connectivity index (χ0v) is 19.2. The van der Waals surface area contributed by atoms with Crippen LogP contribution in [0.15, 0.2) is 23.3 Å². The third-order valence-corrected chi connectivity index (χ3v) is 3.74. The summed E-state index contributed by atoms with van der Waals surface area (Å²) in [6.07, 6.45) is 4.16. The lowest BCUT2D eigenvalue weighted by Crippen LogP contribution is -2.42. The van der Waals surface area contributed by atoms with Gasteiger partial charge in [-0.1, -0.05) is 20.8 Å². The normalized spacial score (nSPS) is 13.0.